The third-order valence-corrected chi connectivity index (χ3v) is 5.19. The van der Waals surface area contributed by atoms with Gasteiger partial charge in [-0.25, -0.2) is 0 Å². The molecule has 0 saturated carbocycles. The highest BCUT2D eigenvalue weighted by molar-refractivity contribution is 7.99. The quantitative estimate of drug-likeness (QED) is 0.803. The molecule has 1 rings (SSSR count). The SMILES string of the molecule is CCNC(CSC(C)C(C)O)c1c(C)cc(C)cc1C. The number of hydrogen-bond acceptors (Lipinski definition) is 3. The standard InChI is InChI=1S/C17H29NOS/c1-7-18-16(10-20-15(6)14(5)19)17-12(3)8-11(2)9-13(17)4/h8-9,14-16,18-19H,7,10H2,1-6H3. The Morgan fingerprint density at radius 3 is 2.15 bits per heavy atom. The lowest BCUT2D eigenvalue weighted by Crippen LogP contribution is -2.26. The number of rotatable bonds is 7. The van der Waals surface area contributed by atoms with E-state index in [0.29, 0.717) is 6.04 Å². The molecule has 0 heterocycles. The molecule has 0 aromatic heterocycles. The van der Waals surface area contributed by atoms with Crippen molar-refractivity contribution in [2.75, 3.05) is 12.3 Å². The first-order valence-electron chi connectivity index (χ1n) is 7.47. The molecule has 3 unspecified atom stereocenters. The highest BCUT2D eigenvalue weighted by atomic mass is 32.2. The predicted molar refractivity (Wildman–Crippen MR) is 90.7 cm³/mol. The molecular formula is C17H29NOS. The average Bonchev–Trinajstić information content (AvgIpc) is 2.33. The molecule has 0 aliphatic carbocycles. The Balaban J connectivity index is 2.91. The van der Waals surface area contributed by atoms with Gasteiger partial charge in [-0.1, -0.05) is 31.5 Å². The Kier molecular flexibility index (Phi) is 7.07. The van der Waals surface area contributed by atoms with Gasteiger partial charge in [0.15, 0.2) is 0 Å². The number of aliphatic hydroxyl groups excluding tert-OH is 1. The van der Waals surface area contributed by atoms with E-state index in [1.807, 2.05) is 18.7 Å². The van der Waals surface area contributed by atoms with Crippen LogP contribution in [-0.2, 0) is 0 Å². The second-order valence-electron chi connectivity index (χ2n) is 5.70. The molecule has 3 heteroatoms. The van der Waals surface area contributed by atoms with E-state index in [1.165, 1.54) is 22.3 Å². The van der Waals surface area contributed by atoms with Crippen molar-refractivity contribution in [3.63, 3.8) is 0 Å². The first-order valence-corrected chi connectivity index (χ1v) is 8.52. The zero-order chi connectivity index (χ0) is 15.3. The van der Waals surface area contributed by atoms with Crippen LogP contribution in [0.25, 0.3) is 0 Å². The molecule has 1 aromatic carbocycles. The summed E-state index contributed by atoms with van der Waals surface area (Å²) in [6.45, 7) is 13.6. The predicted octanol–water partition coefficient (Wildman–Crippen LogP) is 3.76. The Morgan fingerprint density at radius 2 is 1.70 bits per heavy atom. The fraction of sp³-hybridized carbons (Fsp3) is 0.647. The van der Waals surface area contributed by atoms with Crippen LogP contribution < -0.4 is 5.32 Å². The fourth-order valence-electron chi connectivity index (χ4n) is 2.62. The lowest BCUT2D eigenvalue weighted by molar-refractivity contribution is 0.196. The van der Waals surface area contributed by atoms with Crippen molar-refractivity contribution in [2.45, 2.75) is 58.9 Å². The molecule has 1 aromatic rings. The van der Waals surface area contributed by atoms with Gasteiger partial charge in [-0.15, -0.1) is 0 Å². The van der Waals surface area contributed by atoms with Gasteiger partial charge in [0, 0.05) is 17.0 Å². The molecule has 0 aliphatic rings. The summed E-state index contributed by atoms with van der Waals surface area (Å²) in [7, 11) is 0. The normalized spacial score (nSPS) is 15.9. The van der Waals surface area contributed by atoms with Gasteiger partial charge in [0.1, 0.15) is 0 Å². The molecule has 114 valence electrons. The largest absolute Gasteiger partial charge is 0.392 e. The molecule has 0 spiro atoms. The summed E-state index contributed by atoms with van der Waals surface area (Å²) in [5.74, 6) is 0.991. The minimum absolute atomic E-state index is 0.262. The van der Waals surface area contributed by atoms with E-state index < -0.39 is 0 Å². The maximum atomic E-state index is 9.64. The van der Waals surface area contributed by atoms with Crippen LogP contribution in [0.1, 0.15) is 49.1 Å². The minimum atomic E-state index is -0.262. The zero-order valence-corrected chi connectivity index (χ0v) is 14.5. The third-order valence-electron chi connectivity index (χ3n) is 3.74. The summed E-state index contributed by atoms with van der Waals surface area (Å²) in [6.07, 6.45) is -0.262. The Hall–Kier alpha value is -0.510. The highest BCUT2D eigenvalue weighted by Crippen LogP contribution is 2.28. The number of aryl methyl sites for hydroxylation is 3. The lowest BCUT2D eigenvalue weighted by Gasteiger charge is -2.25. The molecule has 20 heavy (non-hydrogen) atoms. The van der Waals surface area contributed by atoms with E-state index in [9.17, 15) is 5.11 Å². The molecule has 2 nitrogen and oxygen atoms in total. The lowest BCUT2D eigenvalue weighted by atomic mass is 9.95. The molecule has 0 saturated heterocycles. The topological polar surface area (TPSA) is 32.3 Å². The van der Waals surface area contributed by atoms with E-state index >= 15 is 0 Å². The summed E-state index contributed by atoms with van der Waals surface area (Å²) in [4.78, 5) is 0. The first kappa shape index (κ1) is 17.5. The molecule has 0 fully saturated rings. The average molecular weight is 295 g/mol. The summed E-state index contributed by atoms with van der Waals surface area (Å²) < 4.78 is 0. The van der Waals surface area contributed by atoms with E-state index in [4.69, 9.17) is 0 Å². The molecule has 0 amide bonds. The fourth-order valence-corrected chi connectivity index (χ4v) is 3.68. The van der Waals surface area contributed by atoms with Crippen LogP contribution in [0.3, 0.4) is 0 Å². The van der Waals surface area contributed by atoms with Crippen LogP contribution in [0.2, 0.25) is 0 Å². The maximum absolute atomic E-state index is 9.64. The van der Waals surface area contributed by atoms with Crippen LogP contribution >= 0.6 is 11.8 Å². The van der Waals surface area contributed by atoms with Crippen LogP contribution in [0.4, 0.5) is 0 Å². The van der Waals surface area contributed by atoms with E-state index in [2.05, 4.69) is 52.1 Å². The van der Waals surface area contributed by atoms with Gasteiger partial charge in [0.2, 0.25) is 0 Å². The monoisotopic (exact) mass is 295 g/mol. The van der Waals surface area contributed by atoms with Crippen molar-refractivity contribution in [3.8, 4) is 0 Å². The molecule has 3 atom stereocenters. The molecule has 0 bridgehead atoms. The number of benzene rings is 1. The highest BCUT2D eigenvalue weighted by Gasteiger charge is 2.18. The molecule has 0 radical (unpaired) electrons. The second kappa shape index (κ2) is 8.06. The van der Waals surface area contributed by atoms with Crippen molar-refractivity contribution in [1.82, 2.24) is 5.32 Å². The molecule has 2 N–H and O–H groups in total. The van der Waals surface area contributed by atoms with Crippen LogP contribution in [0.15, 0.2) is 12.1 Å². The second-order valence-corrected chi connectivity index (χ2v) is 7.11. The summed E-state index contributed by atoms with van der Waals surface area (Å²) in [6, 6.07) is 4.87. The van der Waals surface area contributed by atoms with Crippen molar-refractivity contribution in [3.05, 3.63) is 34.4 Å². The van der Waals surface area contributed by atoms with E-state index in [0.717, 1.165) is 12.3 Å². The van der Waals surface area contributed by atoms with Gasteiger partial charge in [-0.2, -0.15) is 11.8 Å². The number of thioether (sulfide) groups is 1. The van der Waals surface area contributed by atoms with Gasteiger partial charge >= 0.3 is 0 Å². The molecular weight excluding hydrogens is 266 g/mol. The number of nitrogens with one attached hydrogen (secondary N) is 1. The van der Waals surface area contributed by atoms with Gasteiger partial charge in [-0.05, 0) is 50.9 Å². The van der Waals surface area contributed by atoms with Gasteiger partial charge < -0.3 is 10.4 Å². The smallest absolute Gasteiger partial charge is 0.0628 e. The number of hydrogen-bond donors (Lipinski definition) is 2. The summed E-state index contributed by atoms with van der Waals surface area (Å²) in [5, 5.41) is 13.5. The van der Waals surface area contributed by atoms with Crippen LogP contribution in [-0.4, -0.2) is 28.8 Å². The first-order chi connectivity index (χ1) is 9.36. The Bertz CT molecular complexity index is 408. The summed E-state index contributed by atoms with van der Waals surface area (Å²) in [5.41, 5.74) is 5.46. The summed E-state index contributed by atoms with van der Waals surface area (Å²) >= 11 is 1.84. The van der Waals surface area contributed by atoms with Crippen molar-refractivity contribution >= 4 is 11.8 Å². The minimum Gasteiger partial charge on any atom is -0.392 e. The van der Waals surface area contributed by atoms with Gasteiger partial charge in [0.25, 0.3) is 0 Å². The zero-order valence-electron chi connectivity index (χ0n) is 13.7. The number of aliphatic hydroxyl groups is 1. The Labute approximate surface area is 128 Å². The van der Waals surface area contributed by atoms with E-state index in [1.54, 1.807) is 0 Å². The van der Waals surface area contributed by atoms with E-state index in [-0.39, 0.29) is 11.4 Å². The molecule has 0 aliphatic heterocycles. The maximum Gasteiger partial charge on any atom is 0.0628 e. The third kappa shape index (κ3) is 4.80. The Morgan fingerprint density at radius 1 is 1.15 bits per heavy atom. The van der Waals surface area contributed by atoms with Gasteiger partial charge in [-0.3, -0.25) is 0 Å². The van der Waals surface area contributed by atoms with Crippen molar-refractivity contribution in [1.29, 1.82) is 0 Å². The van der Waals surface area contributed by atoms with Crippen molar-refractivity contribution < 1.29 is 5.11 Å². The van der Waals surface area contributed by atoms with Crippen molar-refractivity contribution in [2.24, 2.45) is 0 Å². The van der Waals surface area contributed by atoms with Crippen LogP contribution in [0.5, 0.6) is 0 Å². The van der Waals surface area contributed by atoms with Crippen LogP contribution in [0, 0.1) is 20.8 Å². The van der Waals surface area contributed by atoms with Gasteiger partial charge in [0.05, 0.1) is 6.10 Å².